The van der Waals surface area contributed by atoms with Crippen molar-refractivity contribution in [3.05, 3.63) is 71.4 Å². The van der Waals surface area contributed by atoms with Gasteiger partial charge in [-0.3, -0.25) is 24.1 Å². The topological polar surface area (TPSA) is 145 Å². The summed E-state index contributed by atoms with van der Waals surface area (Å²) in [6, 6.07) is 16.8. The van der Waals surface area contributed by atoms with Crippen LogP contribution in [0.1, 0.15) is 63.5 Å². The molecular weight excluding hydrogens is 633 g/mol. The van der Waals surface area contributed by atoms with Crippen molar-refractivity contribution in [2.24, 2.45) is 5.92 Å². The van der Waals surface area contributed by atoms with E-state index in [1.54, 1.807) is 7.11 Å². The normalized spacial score (nSPS) is 21.6. The molecule has 2 fully saturated rings. The maximum atomic E-state index is 13.3. The van der Waals surface area contributed by atoms with Crippen LogP contribution in [0.5, 0.6) is 5.75 Å². The van der Waals surface area contributed by atoms with Crippen LogP contribution in [0.15, 0.2) is 65.9 Å². The number of carbonyl (C=O) groups is 5. The van der Waals surface area contributed by atoms with Crippen LogP contribution in [0, 0.1) is 5.92 Å². The fraction of sp³-hybridized carbons (Fsp3) is 0.441. The molecule has 0 radical (unpaired) electrons. The number of unbranched alkanes of at least 4 members (excludes halogenated alkanes) is 4. The number of amides is 3. The SMILES string of the molecule is COc1ccc(N2C(=O)C(CCCCCCCC(=O)N[C@@H]3C(=O)N4C(C(=O)[O-])=C(COC(C)=O)CS[C@H]34)C2c2ccccc2)cc1.[Na+]. The molecule has 2 saturated heterocycles. The van der Waals surface area contributed by atoms with Crippen LogP contribution < -0.4 is 49.6 Å². The number of methoxy groups -OCH3 is 1. The maximum Gasteiger partial charge on any atom is 1.00 e. The first-order valence-corrected chi connectivity index (χ1v) is 16.6. The summed E-state index contributed by atoms with van der Waals surface area (Å²) < 4.78 is 10.2. The van der Waals surface area contributed by atoms with Gasteiger partial charge in [0.25, 0.3) is 5.91 Å². The van der Waals surface area contributed by atoms with E-state index in [4.69, 9.17) is 9.47 Å². The van der Waals surface area contributed by atoms with Crippen molar-refractivity contribution in [1.82, 2.24) is 10.2 Å². The van der Waals surface area contributed by atoms with Crippen LogP contribution in [0.3, 0.4) is 0 Å². The summed E-state index contributed by atoms with van der Waals surface area (Å²) in [4.78, 5) is 64.5. The molecule has 1 N–H and O–H groups in total. The summed E-state index contributed by atoms with van der Waals surface area (Å²) in [6.07, 6.45) is 5.31. The first kappa shape index (κ1) is 36.5. The number of rotatable bonds is 15. The Kier molecular flexibility index (Phi) is 13.0. The average Bonchev–Trinajstić information content (AvgIpc) is 3.06. The van der Waals surface area contributed by atoms with Crippen molar-refractivity contribution < 1.29 is 68.1 Å². The first-order chi connectivity index (χ1) is 22.2. The fourth-order valence-corrected chi connectivity index (χ4v) is 7.62. The van der Waals surface area contributed by atoms with Crippen molar-refractivity contribution in [3.63, 3.8) is 0 Å². The molecule has 2 aromatic carbocycles. The van der Waals surface area contributed by atoms with Crippen molar-refractivity contribution in [2.45, 2.75) is 69.3 Å². The number of β-lactam (4-membered cyclic amide) rings is 2. The Labute approximate surface area is 300 Å². The van der Waals surface area contributed by atoms with Crippen molar-refractivity contribution in [1.29, 1.82) is 0 Å². The minimum atomic E-state index is -1.52. The zero-order valence-corrected chi connectivity index (χ0v) is 29.8. The molecule has 2 aromatic rings. The van der Waals surface area contributed by atoms with E-state index in [1.165, 1.54) is 18.7 Å². The van der Waals surface area contributed by atoms with E-state index in [1.807, 2.05) is 47.4 Å². The van der Waals surface area contributed by atoms with Crippen LogP contribution in [-0.2, 0) is 28.7 Å². The Morgan fingerprint density at radius 1 is 0.936 bits per heavy atom. The Hall–Kier alpha value is -3.32. The predicted octanol–water partition coefficient (Wildman–Crippen LogP) is 0.101. The molecule has 3 aliphatic rings. The summed E-state index contributed by atoms with van der Waals surface area (Å²) in [5, 5.41) is 14.0. The second kappa shape index (κ2) is 16.7. The smallest absolute Gasteiger partial charge is 0.543 e. The molecule has 0 aliphatic carbocycles. The molecule has 3 heterocycles. The second-order valence-corrected chi connectivity index (χ2v) is 12.8. The molecule has 11 nitrogen and oxygen atoms in total. The van der Waals surface area contributed by atoms with E-state index >= 15 is 0 Å². The van der Waals surface area contributed by atoms with Gasteiger partial charge in [0.1, 0.15) is 23.8 Å². The van der Waals surface area contributed by atoms with Gasteiger partial charge in [-0.25, -0.2) is 0 Å². The Balaban J connectivity index is 0.00000500. The molecule has 3 aliphatic heterocycles. The van der Waals surface area contributed by atoms with E-state index in [9.17, 15) is 29.1 Å². The number of carboxylic acid groups (broad SMARTS) is 1. The number of nitrogens with zero attached hydrogens (tertiary/aromatic N) is 2. The Bertz CT molecular complexity index is 1500. The largest absolute Gasteiger partial charge is 1.00 e. The van der Waals surface area contributed by atoms with Crippen LogP contribution in [0.4, 0.5) is 5.69 Å². The molecule has 5 rings (SSSR count). The Morgan fingerprint density at radius 3 is 2.28 bits per heavy atom. The van der Waals surface area contributed by atoms with Gasteiger partial charge in [-0.05, 0) is 42.7 Å². The van der Waals surface area contributed by atoms with Gasteiger partial charge in [0.2, 0.25) is 11.8 Å². The standard InChI is InChI=1S/C34H39N3O8S.Na/c1-21(38)45-19-23-20-46-33-28(32(41)37(33)30(23)34(42)43)35-27(39)14-10-5-3-4-9-13-26-29(22-11-7-6-8-12-22)36(31(26)40)24-15-17-25(44-2)18-16-24;/h6-8,11-12,15-18,26,28-29,33H,3-5,9-10,13-14,19-20H2,1-2H3,(H,35,39)(H,42,43);/q;+1/p-1/t26?,28-,29?,33-;/m1./s1. The zero-order chi connectivity index (χ0) is 32.8. The van der Waals surface area contributed by atoms with Gasteiger partial charge in [0.05, 0.1) is 30.7 Å². The number of benzene rings is 2. The number of esters is 1. The first-order valence-electron chi connectivity index (χ1n) is 15.5. The van der Waals surface area contributed by atoms with Crippen molar-refractivity contribution in [2.75, 3.05) is 24.4 Å². The molecular formula is C34H38N3NaO8S. The third kappa shape index (κ3) is 8.22. The van der Waals surface area contributed by atoms with Crippen LogP contribution >= 0.6 is 11.8 Å². The van der Waals surface area contributed by atoms with Gasteiger partial charge in [0, 0.05) is 30.4 Å². The molecule has 2 unspecified atom stereocenters. The number of hydrogen-bond acceptors (Lipinski definition) is 9. The molecule has 13 heteroatoms. The average molecular weight is 672 g/mol. The number of aliphatic carboxylic acids is 1. The molecule has 0 spiro atoms. The van der Waals surface area contributed by atoms with E-state index < -0.39 is 29.3 Å². The number of thioether (sulfide) groups is 1. The van der Waals surface area contributed by atoms with Gasteiger partial charge in [-0.2, -0.15) is 0 Å². The second-order valence-electron chi connectivity index (χ2n) is 11.6. The van der Waals surface area contributed by atoms with Crippen LogP contribution in [-0.4, -0.2) is 65.4 Å². The minimum Gasteiger partial charge on any atom is -0.543 e. The van der Waals surface area contributed by atoms with Gasteiger partial charge >= 0.3 is 35.5 Å². The number of anilines is 1. The van der Waals surface area contributed by atoms with Gasteiger partial charge < -0.3 is 29.6 Å². The molecule has 3 amide bonds. The number of carbonyl (C=O) groups excluding carboxylic acids is 5. The number of hydrogen-bond donors (Lipinski definition) is 1. The van der Waals surface area contributed by atoms with E-state index in [0.717, 1.165) is 54.0 Å². The van der Waals surface area contributed by atoms with Crippen molar-refractivity contribution >= 4 is 47.1 Å². The van der Waals surface area contributed by atoms with E-state index in [-0.39, 0.29) is 77.8 Å². The predicted molar refractivity (Wildman–Crippen MR) is 169 cm³/mol. The maximum absolute atomic E-state index is 13.3. The third-order valence-corrected chi connectivity index (χ3v) is 9.97. The summed E-state index contributed by atoms with van der Waals surface area (Å²) in [5.74, 6) is -1.82. The van der Waals surface area contributed by atoms with E-state index in [0.29, 0.717) is 12.0 Å². The summed E-state index contributed by atoms with van der Waals surface area (Å²) in [7, 11) is 1.62. The van der Waals surface area contributed by atoms with Crippen LogP contribution in [0.25, 0.3) is 0 Å². The zero-order valence-electron chi connectivity index (χ0n) is 26.9. The Morgan fingerprint density at radius 2 is 1.62 bits per heavy atom. The summed E-state index contributed by atoms with van der Waals surface area (Å²) in [5.41, 5.74) is 1.98. The fourth-order valence-electron chi connectivity index (χ4n) is 6.29. The third-order valence-electron chi connectivity index (χ3n) is 8.63. The minimum absolute atomic E-state index is 0. The number of carboxylic acids is 1. The molecule has 0 aromatic heterocycles. The molecule has 244 valence electrons. The van der Waals surface area contributed by atoms with Crippen LogP contribution in [0.2, 0.25) is 0 Å². The van der Waals surface area contributed by atoms with Gasteiger partial charge in [0.15, 0.2) is 0 Å². The number of nitrogens with one attached hydrogen (secondary N) is 1. The number of fused-ring (bicyclic) bond motifs is 1. The monoisotopic (exact) mass is 671 g/mol. The summed E-state index contributed by atoms with van der Waals surface area (Å²) >= 11 is 1.31. The quantitative estimate of drug-likeness (QED) is 0.121. The molecule has 0 bridgehead atoms. The van der Waals surface area contributed by atoms with Gasteiger partial charge in [-0.15, -0.1) is 11.8 Å². The van der Waals surface area contributed by atoms with Crippen molar-refractivity contribution in [3.8, 4) is 5.75 Å². The molecule has 47 heavy (non-hydrogen) atoms. The van der Waals surface area contributed by atoms with Gasteiger partial charge in [-0.1, -0.05) is 56.0 Å². The van der Waals surface area contributed by atoms with E-state index in [2.05, 4.69) is 17.4 Å². The molecule has 4 atom stereocenters. The number of ether oxygens (including phenoxy) is 2. The summed E-state index contributed by atoms with van der Waals surface area (Å²) in [6.45, 7) is 0.987. The molecule has 0 saturated carbocycles.